The molecule has 1 aliphatic heterocycles. The van der Waals surface area contributed by atoms with Gasteiger partial charge >= 0.3 is 0 Å². The van der Waals surface area contributed by atoms with Crippen molar-refractivity contribution in [2.75, 3.05) is 44.4 Å². The maximum atomic E-state index is 8.91. The van der Waals surface area contributed by atoms with Crippen molar-refractivity contribution in [3.8, 4) is 5.75 Å². The van der Waals surface area contributed by atoms with Gasteiger partial charge in [0.25, 0.3) is 0 Å². The molecule has 25 heavy (non-hydrogen) atoms. The molecule has 0 aromatic heterocycles. The number of hydrogen-bond donors (Lipinski definition) is 2. The highest BCUT2D eigenvalue weighted by Gasteiger charge is 2.10. The molecule has 0 unspecified atom stereocenters. The molecule has 2 aromatic carbocycles. The fraction of sp³-hybridized carbons (Fsp3) is 0.400. The third-order valence-corrected chi connectivity index (χ3v) is 4.28. The summed E-state index contributed by atoms with van der Waals surface area (Å²) in [5.41, 5.74) is 3.61. The second-order valence-electron chi connectivity index (χ2n) is 6.05. The van der Waals surface area contributed by atoms with Crippen LogP contribution in [-0.4, -0.2) is 44.6 Å². The van der Waals surface area contributed by atoms with Crippen LogP contribution in [0.4, 0.5) is 5.69 Å². The Kier molecular flexibility index (Phi) is 6.68. The van der Waals surface area contributed by atoms with E-state index in [1.807, 2.05) is 24.3 Å². The molecule has 2 N–H and O–H groups in total. The van der Waals surface area contributed by atoms with Crippen molar-refractivity contribution in [3.05, 3.63) is 59.7 Å². The molecule has 1 aliphatic rings. The van der Waals surface area contributed by atoms with Gasteiger partial charge in [-0.1, -0.05) is 30.3 Å². The van der Waals surface area contributed by atoms with Crippen LogP contribution in [0.2, 0.25) is 0 Å². The lowest BCUT2D eigenvalue weighted by atomic mass is 10.1. The third kappa shape index (κ3) is 5.19. The summed E-state index contributed by atoms with van der Waals surface area (Å²) in [5, 5.41) is 12.4. The molecule has 3 rings (SSSR count). The summed E-state index contributed by atoms with van der Waals surface area (Å²) in [6.45, 7) is 5.41. The van der Waals surface area contributed by atoms with Crippen LogP contribution in [0.15, 0.2) is 48.5 Å². The largest absolute Gasteiger partial charge is 0.491 e. The van der Waals surface area contributed by atoms with Crippen LogP contribution in [-0.2, 0) is 17.8 Å². The number of rotatable bonds is 8. The lowest BCUT2D eigenvalue weighted by Crippen LogP contribution is -2.36. The Morgan fingerprint density at radius 1 is 1.00 bits per heavy atom. The van der Waals surface area contributed by atoms with Gasteiger partial charge in [-0.3, -0.25) is 0 Å². The minimum absolute atomic E-state index is 0.0251. The maximum absolute atomic E-state index is 8.91. The number of anilines is 1. The molecule has 0 bridgehead atoms. The van der Waals surface area contributed by atoms with Gasteiger partial charge in [0.1, 0.15) is 12.4 Å². The summed E-state index contributed by atoms with van der Waals surface area (Å²) in [6.07, 6.45) is 0. The maximum Gasteiger partial charge on any atom is 0.123 e. The van der Waals surface area contributed by atoms with E-state index in [1.165, 1.54) is 11.3 Å². The summed E-state index contributed by atoms with van der Waals surface area (Å²) in [4.78, 5) is 2.36. The predicted molar refractivity (Wildman–Crippen MR) is 99.0 cm³/mol. The first kappa shape index (κ1) is 17.7. The summed E-state index contributed by atoms with van der Waals surface area (Å²) in [5.74, 6) is 0.826. The van der Waals surface area contributed by atoms with Crippen LogP contribution >= 0.6 is 0 Å². The molecule has 0 spiro atoms. The van der Waals surface area contributed by atoms with E-state index in [-0.39, 0.29) is 6.61 Å². The zero-order valence-corrected chi connectivity index (χ0v) is 14.5. The van der Waals surface area contributed by atoms with E-state index in [0.29, 0.717) is 6.61 Å². The van der Waals surface area contributed by atoms with E-state index in [2.05, 4.69) is 34.5 Å². The van der Waals surface area contributed by atoms with E-state index >= 15 is 0 Å². The summed E-state index contributed by atoms with van der Waals surface area (Å²) >= 11 is 0. The molecular weight excluding hydrogens is 316 g/mol. The van der Waals surface area contributed by atoms with Crippen LogP contribution in [0, 0.1) is 0 Å². The highest BCUT2D eigenvalue weighted by Crippen LogP contribution is 2.19. The van der Waals surface area contributed by atoms with Gasteiger partial charge in [-0.05, 0) is 23.8 Å². The fourth-order valence-electron chi connectivity index (χ4n) is 2.93. The lowest BCUT2D eigenvalue weighted by Gasteiger charge is -2.28. The minimum Gasteiger partial charge on any atom is -0.491 e. The van der Waals surface area contributed by atoms with Crippen LogP contribution in [0.25, 0.3) is 0 Å². The molecule has 5 nitrogen and oxygen atoms in total. The molecule has 0 saturated carbocycles. The summed E-state index contributed by atoms with van der Waals surface area (Å²) < 4.78 is 11.0. The van der Waals surface area contributed by atoms with Crippen molar-refractivity contribution in [1.29, 1.82) is 0 Å². The topological polar surface area (TPSA) is 54.0 Å². The van der Waals surface area contributed by atoms with Gasteiger partial charge in [0.05, 0.1) is 19.8 Å². The van der Waals surface area contributed by atoms with Crippen molar-refractivity contribution < 1.29 is 14.6 Å². The van der Waals surface area contributed by atoms with Gasteiger partial charge < -0.3 is 24.8 Å². The first-order valence-electron chi connectivity index (χ1n) is 8.81. The Hall–Kier alpha value is -2.08. The van der Waals surface area contributed by atoms with E-state index in [4.69, 9.17) is 14.6 Å². The van der Waals surface area contributed by atoms with Crippen molar-refractivity contribution >= 4 is 5.69 Å². The van der Waals surface area contributed by atoms with Crippen molar-refractivity contribution in [2.24, 2.45) is 0 Å². The molecule has 1 heterocycles. The number of ether oxygens (including phenoxy) is 2. The quantitative estimate of drug-likeness (QED) is 0.770. The molecule has 1 fully saturated rings. The van der Waals surface area contributed by atoms with E-state index in [9.17, 15) is 0 Å². The second kappa shape index (κ2) is 9.42. The molecule has 0 radical (unpaired) electrons. The standard InChI is InChI=1S/C20H26N2O3/c23-11-14-25-20-4-2-1-3-18(20)16-21-15-17-5-7-19(8-6-17)22-9-12-24-13-10-22/h1-8,21,23H,9-16H2. The lowest BCUT2D eigenvalue weighted by molar-refractivity contribution is 0.122. The van der Waals surface area contributed by atoms with Crippen LogP contribution in [0.5, 0.6) is 5.75 Å². The number of aliphatic hydroxyl groups is 1. The van der Waals surface area contributed by atoms with E-state index < -0.39 is 0 Å². The van der Waals surface area contributed by atoms with E-state index in [1.54, 1.807) is 0 Å². The summed E-state index contributed by atoms with van der Waals surface area (Å²) in [7, 11) is 0. The van der Waals surface area contributed by atoms with Gasteiger partial charge in [-0.15, -0.1) is 0 Å². The average molecular weight is 342 g/mol. The number of para-hydroxylation sites is 1. The molecule has 1 saturated heterocycles. The van der Waals surface area contributed by atoms with Crippen molar-refractivity contribution in [2.45, 2.75) is 13.1 Å². The Labute approximate surface area is 149 Å². The SMILES string of the molecule is OCCOc1ccccc1CNCc1ccc(N2CCOCC2)cc1. The molecular formula is C20H26N2O3. The monoisotopic (exact) mass is 342 g/mol. The Bertz CT molecular complexity index is 640. The smallest absolute Gasteiger partial charge is 0.123 e. The number of nitrogens with one attached hydrogen (secondary N) is 1. The molecule has 0 atom stereocenters. The van der Waals surface area contributed by atoms with Gasteiger partial charge in [0.15, 0.2) is 0 Å². The molecule has 2 aromatic rings. The Morgan fingerprint density at radius 2 is 1.76 bits per heavy atom. The average Bonchev–Trinajstić information content (AvgIpc) is 2.68. The van der Waals surface area contributed by atoms with Crippen molar-refractivity contribution in [1.82, 2.24) is 5.32 Å². The van der Waals surface area contributed by atoms with Crippen LogP contribution in [0.3, 0.4) is 0 Å². The van der Waals surface area contributed by atoms with Gasteiger partial charge in [0.2, 0.25) is 0 Å². The fourth-order valence-corrected chi connectivity index (χ4v) is 2.93. The van der Waals surface area contributed by atoms with Crippen LogP contribution < -0.4 is 15.0 Å². The number of aliphatic hydroxyl groups excluding tert-OH is 1. The first-order valence-corrected chi connectivity index (χ1v) is 8.81. The molecule has 5 heteroatoms. The van der Waals surface area contributed by atoms with Gasteiger partial charge in [-0.25, -0.2) is 0 Å². The minimum atomic E-state index is 0.0251. The highest BCUT2D eigenvalue weighted by molar-refractivity contribution is 5.48. The molecule has 134 valence electrons. The number of benzene rings is 2. The number of hydrogen-bond acceptors (Lipinski definition) is 5. The zero-order valence-electron chi connectivity index (χ0n) is 14.5. The van der Waals surface area contributed by atoms with E-state index in [0.717, 1.165) is 50.7 Å². The highest BCUT2D eigenvalue weighted by atomic mass is 16.5. The zero-order chi connectivity index (χ0) is 17.3. The predicted octanol–water partition coefficient (Wildman–Crippen LogP) is 2.18. The Balaban J connectivity index is 1.50. The van der Waals surface area contributed by atoms with Gasteiger partial charge in [-0.2, -0.15) is 0 Å². The number of nitrogens with zero attached hydrogens (tertiary/aromatic N) is 1. The second-order valence-corrected chi connectivity index (χ2v) is 6.05. The van der Waals surface area contributed by atoms with Crippen molar-refractivity contribution in [3.63, 3.8) is 0 Å². The summed E-state index contributed by atoms with van der Waals surface area (Å²) in [6, 6.07) is 16.6. The normalized spacial score (nSPS) is 14.5. The van der Waals surface area contributed by atoms with Crippen LogP contribution in [0.1, 0.15) is 11.1 Å². The number of morpholine rings is 1. The Morgan fingerprint density at radius 3 is 2.52 bits per heavy atom. The third-order valence-electron chi connectivity index (χ3n) is 4.28. The molecule has 0 aliphatic carbocycles. The molecule has 0 amide bonds. The first-order chi connectivity index (χ1) is 12.4. The van der Waals surface area contributed by atoms with Gasteiger partial charge in [0, 0.05) is 37.4 Å².